The van der Waals surface area contributed by atoms with E-state index in [1.165, 1.54) is 42.4 Å². The van der Waals surface area contributed by atoms with Crippen LogP contribution < -0.4 is 10.6 Å². The molecule has 0 radical (unpaired) electrons. The second-order valence-corrected chi connectivity index (χ2v) is 7.84. The van der Waals surface area contributed by atoms with Crippen molar-refractivity contribution in [2.45, 2.75) is 44.7 Å². The first-order chi connectivity index (χ1) is 12.7. The van der Waals surface area contributed by atoms with Crippen LogP contribution in [0, 0.1) is 0 Å². The Hall–Kier alpha value is -2.41. The highest BCUT2D eigenvalue weighted by Crippen LogP contribution is 2.29. The fourth-order valence-electron chi connectivity index (χ4n) is 3.45. The van der Waals surface area contributed by atoms with Crippen molar-refractivity contribution in [3.8, 4) is 0 Å². The lowest BCUT2D eigenvalue weighted by atomic mass is 9.96. The van der Waals surface area contributed by atoms with Gasteiger partial charge in [-0.1, -0.05) is 36.7 Å². The molecule has 26 heavy (non-hydrogen) atoms. The van der Waals surface area contributed by atoms with Crippen molar-refractivity contribution in [3.63, 3.8) is 0 Å². The lowest BCUT2D eigenvalue weighted by Crippen LogP contribution is -2.21. The predicted molar refractivity (Wildman–Crippen MR) is 105 cm³/mol. The van der Waals surface area contributed by atoms with Gasteiger partial charge in [0, 0.05) is 25.8 Å². The molecular weight excluding hydrogens is 346 g/mol. The van der Waals surface area contributed by atoms with Crippen LogP contribution in [0.15, 0.2) is 30.7 Å². The normalized spacial score (nSPS) is 15.3. The van der Waals surface area contributed by atoms with Gasteiger partial charge in [-0.15, -0.1) is 0 Å². The number of nitrogens with one attached hydrogen (secondary N) is 2. The summed E-state index contributed by atoms with van der Waals surface area (Å²) in [7, 11) is 1.61. The number of hydrogen-bond donors (Lipinski definition) is 2. The zero-order valence-corrected chi connectivity index (χ0v) is 15.7. The molecule has 0 aliphatic heterocycles. The highest BCUT2D eigenvalue weighted by atomic mass is 32.1. The predicted octanol–water partition coefficient (Wildman–Crippen LogP) is 3.65. The number of carbonyl (C=O) groups excluding carboxylic acids is 1. The van der Waals surface area contributed by atoms with Gasteiger partial charge in [0.2, 0.25) is 0 Å². The van der Waals surface area contributed by atoms with E-state index < -0.39 is 0 Å². The number of anilines is 1. The molecule has 4 rings (SSSR count). The number of thiazole rings is 1. The van der Waals surface area contributed by atoms with Crippen molar-refractivity contribution in [2.75, 3.05) is 12.4 Å². The molecule has 1 aliphatic carbocycles. The molecule has 2 heterocycles. The largest absolute Gasteiger partial charge is 0.359 e. The van der Waals surface area contributed by atoms with Gasteiger partial charge < -0.3 is 15.2 Å². The number of rotatable bonds is 5. The molecular formula is C19H23N5OS. The molecule has 0 bridgehead atoms. The monoisotopic (exact) mass is 369 g/mol. The molecule has 136 valence electrons. The molecule has 7 heteroatoms. The lowest BCUT2D eigenvalue weighted by Gasteiger charge is -2.22. The van der Waals surface area contributed by atoms with Gasteiger partial charge in [0.15, 0.2) is 5.13 Å². The van der Waals surface area contributed by atoms with Crippen LogP contribution in [0.3, 0.4) is 0 Å². The molecule has 0 atom stereocenters. The van der Waals surface area contributed by atoms with Gasteiger partial charge in [-0.05, 0) is 30.5 Å². The van der Waals surface area contributed by atoms with Crippen LogP contribution in [0.2, 0.25) is 0 Å². The summed E-state index contributed by atoms with van der Waals surface area (Å²) in [6, 6.07) is 6.91. The van der Waals surface area contributed by atoms with Crippen LogP contribution in [-0.4, -0.2) is 33.5 Å². The first-order valence-corrected chi connectivity index (χ1v) is 9.93. The molecule has 6 nitrogen and oxygen atoms in total. The molecule has 1 fully saturated rings. The van der Waals surface area contributed by atoms with E-state index in [4.69, 9.17) is 4.98 Å². The maximum absolute atomic E-state index is 11.6. The van der Waals surface area contributed by atoms with Crippen LogP contribution in [-0.2, 0) is 6.54 Å². The summed E-state index contributed by atoms with van der Waals surface area (Å²) in [5, 5.41) is 7.22. The average molecular weight is 369 g/mol. The summed E-state index contributed by atoms with van der Waals surface area (Å²) >= 11 is 1.72. The number of benzene rings is 1. The summed E-state index contributed by atoms with van der Waals surface area (Å²) < 4.78 is 3.11. The van der Waals surface area contributed by atoms with Gasteiger partial charge in [-0.3, -0.25) is 4.79 Å². The van der Waals surface area contributed by atoms with Crippen LogP contribution in [0.4, 0.5) is 5.13 Å². The molecule has 1 amide bonds. The molecule has 2 aromatic heterocycles. The van der Waals surface area contributed by atoms with Crippen LogP contribution >= 0.6 is 11.3 Å². The Morgan fingerprint density at radius 3 is 2.96 bits per heavy atom. The topological polar surface area (TPSA) is 71.8 Å². The zero-order chi connectivity index (χ0) is 17.9. The quantitative estimate of drug-likeness (QED) is 0.720. The Bertz CT molecular complexity index is 910. The molecule has 3 aromatic rings. The van der Waals surface area contributed by atoms with E-state index in [-0.39, 0.29) is 5.91 Å². The van der Waals surface area contributed by atoms with Crippen molar-refractivity contribution in [3.05, 3.63) is 42.0 Å². The van der Waals surface area contributed by atoms with E-state index in [1.807, 2.05) is 4.57 Å². The summed E-state index contributed by atoms with van der Waals surface area (Å²) in [6.45, 7) is 0.684. The van der Waals surface area contributed by atoms with Gasteiger partial charge in [0.25, 0.3) is 5.91 Å². The Morgan fingerprint density at radius 2 is 2.15 bits per heavy atom. The van der Waals surface area contributed by atoms with Crippen molar-refractivity contribution in [1.29, 1.82) is 0 Å². The highest BCUT2D eigenvalue weighted by Gasteiger charge is 2.15. The number of carbonyl (C=O) groups is 1. The van der Waals surface area contributed by atoms with E-state index in [9.17, 15) is 4.79 Å². The number of nitrogens with zero attached hydrogens (tertiary/aromatic N) is 3. The van der Waals surface area contributed by atoms with Gasteiger partial charge >= 0.3 is 0 Å². The molecule has 1 aliphatic rings. The molecule has 1 aromatic carbocycles. The molecule has 0 saturated heterocycles. The Kier molecular flexibility index (Phi) is 4.88. The minimum atomic E-state index is -0.167. The summed E-state index contributed by atoms with van der Waals surface area (Å²) in [5.74, 6) is -0.167. The maximum Gasteiger partial charge on any atom is 0.271 e. The SMILES string of the molecule is CNC(=O)c1cn(Cc2ccc3nc(NC4CCCCC4)sc3c2)cn1. The summed E-state index contributed by atoms with van der Waals surface area (Å²) in [6.07, 6.45) is 9.94. The van der Waals surface area contributed by atoms with Crippen LogP contribution in [0.1, 0.15) is 48.2 Å². The maximum atomic E-state index is 11.6. The van der Waals surface area contributed by atoms with Crippen molar-refractivity contribution >= 4 is 32.6 Å². The molecule has 2 N–H and O–H groups in total. The van der Waals surface area contributed by atoms with Crippen LogP contribution in [0.5, 0.6) is 0 Å². The Balaban J connectivity index is 1.48. The number of imidazole rings is 1. The lowest BCUT2D eigenvalue weighted by molar-refractivity contribution is 0.0958. The van der Waals surface area contributed by atoms with Crippen molar-refractivity contribution in [1.82, 2.24) is 19.9 Å². The number of aromatic nitrogens is 3. The summed E-state index contributed by atoms with van der Waals surface area (Å²) in [4.78, 5) is 20.5. The first-order valence-electron chi connectivity index (χ1n) is 9.11. The minimum Gasteiger partial charge on any atom is -0.359 e. The second-order valence-electron chi connectivity index (χ2n) is 6.81. The second kappa shape index (κ2) is 7.45. The summed E-state index contributed by atoms with van der Waals surface area (Å²) in [5.41, 5.74) is 2.64. The Morgan fingerprint density at radius 1 is 1.31 bits per heavy atom. The van der Waals surface area contributed by atoms with Gasteiger partial charge in [0.05, 0.1) is 16.5 Å². The standard InChI is InChI=1S/C19H23N5OS/c1-20-18(25)16-11-24(12-21-16)10-13-7-8-15-17(9-13)26-19(23-15)22-14-5-3-2-4-6-14/h7-9,11-12,14H,2-6,10H2,1H3,(H,20,25)(H,22,23). The molecule has 0 spiro atoms. The third-order valence-corrected chi connectivity index (χ3v) is 5.79. The van der Waals surface area contributed by atoms with E-state index in [2.05, 4.69) is 33.8 Å². The number of hydrogen-bond acceptors (Lipinski definition) is 5. The average Bonchev–Trinajstić information content (AvgIpc) is 3.28. The van der Waals surface area contributed by atoms with E-state index in [0.717, 1.165) is 10.6 Å². The van der Waals surface area contributed by atoms with Gasteiger partial charge in [-0.25, -0.2) is 9.97 Å². The highest BCUT2D eigenvalue weighted by molar-refractivity contribution is 7.22. The third kappa shape index (κ3) is 3.72. The Labute approximate surface area is 156 Å². The fourth-order valence-corrected chi connectivity index (χ4v) is 4.46. The smallest absolute Gasteiger partial charge is 0.271 e. The number of amides is 1. The van der Waals surface area contributed by atoms with Crippen LogP contribution in [0.25, 0.3) is 10.2 Å². The minimum absolute atomic E-state index is 0.167. The number of fused-ring (bicyclic) bond motifs is 1. The fraction of sp³-hybridized carbons (Fsp3) is 0.421. The van der Waals surface area contributed by atoms with Gasteiger partial charge in [-0.2, -0.15) is 0 Å². The van der Waals surface area contributed by atoms with Gasteiger partial charge in [0.1, 0.15) is 5.69 Å². The molecule has 0 unspecified atom stereocenters. The van der Waals surface area contributed by atoms with E-state index >= 15 is 0 Å². The third-order valence-electron chi connectivity index (χ3n) is 4.84. The van der Waals surface area contributed by atoms with Crippen molar-refractivity contribution < 1.29 is 4.79 Å². The van der Waals surface area contributed by atoms with Crippen molar-refractivity contribution in [2.24, 2.45) is 0 Å². The first kappa shape index (κ1) is 17.0. The van der Waals surface area contributed by atoms with E-state index in [0.29, 0.717) is 18.3 Å². The molecule has 1 saturated carbocycles. The zero-order valence-electron chi connectivity index (χ0n) is 14.9. The van der Waals surface area contributed by atoms with E-state index in [1.54, 1.807) is 30.9 Å².